The summed E-state index contributed by atoms with van der Waals surface area (Å²) in [5.74, 6) is 1.78. The van der Waals surface area contributed by atoms with E-state index in [0.717, 1.165) is 48.6 Å². The molecule has 0 unspecified atom stereocenters. The van der Waals surface area contributed by atoms with Crippen LogP contribution in [0.5, 0.6) is 11.5 Å². The maximum absolute atomic E-state index is 5.61. The fourth-order valence-corrected chi connectivity index (χ4v) is 3.14. The molecule has 0 spiro atoms. The van der Waals surface area contributed by atoms with Crippen LogP contribution in [0.1, 0.15) is 24.0 Å². The number of nitrogens with zero attached hydrogens (tertiary/aromatic N) is 1. The molecule has 1 aliphatic heterocycles. The van der Waals surface area contributed by atoms with E-state index < -0.39 is 0 Å². The molecule has 23 heavy (non-hydrogen) atoms. The fourth-order valence-electron chi connectivity index (χ4n) is 3.14. The zero-order chi connectivity index (χ0) is 16.1. The quantitative estimate of drug-likeness (QED) is 0.858. The summed E-state index contributed by atoms with van der Waals surface area (Å²) in [5, 5.41) is 4.49. The van der Waals surface area contributed by atoms with E-state index in [1.54, 1.807) is 14.2 Å². The van der Waals surface area contributed by atoms with Gasteiger partial charge >= 0.3 is 0 Å². The number of para-hydroxylation sites is 2. The second-order valence-electron chi connectivity index (χ2n) is 5.55. The molecule has 0 bridgehead atoms. The minimum atomic E-state index is 0.892. The van der Waals surface area contributed by atoms with Crippen LogP contribution in [-0.4, -0.2) is 27.3 Å². The van der Waals surface area contributed by atoms with Crippen molar-refractivity contribution in [3.05, 3.63) is 65.2 Å². The maximum Gasteiger partial charge on any atom is 0.126 e. The van der Waals surface area contributed by atoms with Gasteiger partial charge in [-0.2, -0.15) is 0 Å². The first-order valence-corrected chi connectivity index (χ1v) is 7.97. The van der Waals surface area contributed by atoms with Crippen molar-refractivity contribution in [1.29, 1.82) is 0 Å². The van der Waals surface area contributed by atoms with Gasteiger partial charge in [0.05, 0.1) is 14.2 Å². The number of ether oxygens (including phenoxy) is 2. The van der Waals surface area contributed by atoms with Crippen LogP contribution in [0.15, 0.2) is 54.1 Å². The van der Waals surface area contributed by atoms with Gasteiger partial charge in [0, 0.05) is 24.2 Å². The topological polar surface area (TPSA) is 32.6 Å². The lowest BCUT2D eigenvalue weighted by atomic mass is 9.88. The largest absolute Gasteiger partial charge is 0.496 e. The van der Waals surface area contributed by atoms with Gasteiger partial charge in [0.1, 0.15) is 11.5 Å². The molecule has 1 radical (unpaired) electrons. The molecule has 0 saturated carbocycles. The summed E-state index contributed by atoms with van der Waals surface area (Å²) < 4.78 is 11.2. The fraction of sp³-hybridized carbons (Fsp3) is 0.300. The zero-order valence-corrected chi connectivity index (χ0v) is 13.7. The van der Waals surface area contributed by atoms with Crippen LogP contribution < -0.4 is 14.8 Å². The average molecular weight is 308 g/mol. The molecule has 119 valence electrons. The molecular formula is C20H22NO2. The Balaban J connectivity index is 2.23. The summed E-state index contributed by atoms with van der Waals surface area (Å²) in [7, 11) is 3.44. The lowest BCUT2D eigenvalue weighted by molar-refractivity contribution is 0.411. The molecule has 1 fully saturated rings. The van der Waals surface area contributed by atoms with Gasteiger partial charge < -0.3 is 9.47 Å². The number of benzene rings is 2. The van der Waals surface area contributed by atoms with Crippen molar-refractivity contribution in [2.24, 2.45) is 0 Å². The Morgan fingerprint density at radius 3 is 1.74 bits per heavy atom. The highest BCUT2D eigenvalue weighted by atomic mass is 16.5. The van der Waals surface area contributed by atoms with Crippen molar-refractivity contribution >= 4 is 5.57 Å². The third-order valence-corrected chi connectivity index (χ3v) is 4.25. The molecule has 2 aromatic rings. The monoisotopic (exact) mass is 308 g/mol. The van der Waals surface area contributed by atoms with Gasteiger partial charge in [-0.1, -0.05) is 42.0 Å². The third kappa shape index (κ3) is 3.25. The highest BCUT2D eigenvalue weighted by Crippen LogP contribution is 2.39. The van der Waals surface area contributed by atoms with Gasteiger partial charge in [-0.05, 0) is 30.5 Å². The molecule has 3 rings (SSSR count). The highest BCUT2D eigenvalue weighted by molar-refractivity contribution is 5.87. The summed E-state index contributed by atoms with van der Waals surface area (Å²) in [5.41, 5.74) is 4.90. The molecule has 0 N–H and O–H groups in total. The van der Waals surface area contributed by atoms with Crippen molar-refractivity contribution in [2.75, 3.05) is 27.3 Å². The third-order valence-electron chi connectivity index (χ3n) is 4.25. The Hall–Kier alpha value is -2.26. The van der Waals surface area contributed by atoms with Gasteiger partial charge in [0.2, 0.25) is 0 Å². The van der Waals surface area contributed by atoms with E-state index in [-0.39, 0.29) is 0 Å². The Morgan fingerprint density at radius 2 is 1.26 bits per heavy atom. The SMILES string of the molecule is COc1ccccc1C(=C1CC[N]CC1)c1ccccc1OC. The molecule has 1 heterocycles. The predicted molar refractivity (Wildman–Crippen MR) is 93.1 cm³/mol. The van der Waals surface area contributed by atoms with Crippen LogP contribution in [0.3, 0.4) is 0 Å². The Kier molecular flexibility index (Phi) is 4.99. The second-order valence-corrected chi connectivity index (χ2v) is 5.55. The molecule has 0 atom stereocenters. The van der Waals surface area contributed by atoms with E-state index >= 15 is 0 Å². The lowest BCUT2D eigenvalue weighted by Crippen LogP contribution is -2.17. The molecule has 1 aliphatic rings. The molecule has 2 aromatic carbocycles. The molecule has 0 amide bonds. The Bertz CT molecular complexity index is 649. The number of hydrogen-bond acceptors (Lipinski definition) is 2. The summed E-state index contributed by atoms with van der Waals surface area (Å²) in [6.45, 7) is 1.78. The highest BCUT2D eigenvalue weighted by Gasteiger charge is 2.20. The first-order valence-electron chi connectivity index (χ1n) is 7.97. The number of piperidine rings is 1. The normalized spacial score (nSPS) is 14.4. The molecule has 0 aliphatic carbocycles. The van der Waals surface area contributed by atoms with Crippen LogP contribution in [0.2, 0.25) is 0 Å². The summed E-state index contributed by atoms with van der Waals surface area (Å²) in [6.07, 6.45) is 1.98. The molecule has 1 saturated heterocycles. The molecule has 0 aromatic heterocycles. The maximum atomic E-state index is 5.61. The van der Waals surface area contributed by atoms with Gasteiger partial charge in [-0.3, -0.25) is 0 Å². The Morgan fingerprint density at radius 1 is 0.783 bits per heavy atom. The van der Waals surface area contributed by atoms with E-state index in [1.165, 1.54) is 11.1 Å². The lowest BCUT2D eigenvalue weighted by Gasteiger charge is -2.22. The van der Waals surface area contributed by atoms with E-state index in [4.69, 9.17) is 9.47 Å². The van der Waals surface area contributed by atoms with E-state index in [1.807, 2.05) is 24.3 Å². The smallest absolute Gasteiger partial charge is 0.126 e. The van der Waals surface area contributed by atoms with Crippen molar-refractivity contribution in [2.45, 2.75) is 12.8 Å². The summed E-state index contributed by atoms with van der Waals surface area (Å²) in [6, 6.07) is 16.4. The van der Waals surface area contributed by atoms with Gasteiger partial charge in [0.25, 0.3) is 0 Å². The first kappa shape index (κ1) is 15.6. The van der Waals surface area contributed by atoms with Crippen molar-refractivity contribution in [3.63, 3.8) is 0 Å². The van der Waals surface area contributed by atoms with Crippen LogP contribution in [0.4, 0.5) is 0 Å². The number of methoxy groups -OCH3 is 2. The van der Waals surface area contributed by atoms with E-state index in [9.17, 15) is 0 Å². The van der Waals surface area contributed by atoms with Gasteiger partial charge in [-0.15, -0.1) is 0 Å². The Labute approximate surface area is 137 Å². The molecular weight excluding hydrogens is 286 g/mol. The van der Waals surface area contributed by atoms with Gasteiger partial charge in [-0.25, -0.2) is 5.32 Å². The second kappa shape index (κ2) is 7.34. The van der Waals surface area contributed by atoms with Crippen LogP contribution in [-0.2, 0) is 0 Å². The standard InChI is InChI=1S/C20H22NO2/c1-22-18-9-5-3-7-16(18)20(15-11-13-21-14-12-15)17-8-4-6-10-19(17)23-2/h3-10H,11-14H2,1-2H3. The molecule has 3 nitrogen and oxygen atoms in total. The van der Waals surface area contributed by atoms with Crippen LogP contribution in [0.25, 0.3) is 5.57 Å². The number of rotatable bonds is 4. The minimum absolute atomic E-state index is 0.892. The summed E-state index contributed by atoms with van der Waals surface area (Å²) >= 11 is 0. The van der Waals surface area contributed by atoms with Crippen molar-refractivity contribution in [1.82, 2.24) is 5.32 Å². The summed E-state index contributed by atoms with van der Waals surface area (Å²) in [4.78, 5) is 0. The average Bonchev–Trinajstić information content (AvgIpc) is 2.64. The van der Waals surface area contributed by atoms with E-state index in [2.05, 4.69) is 29.6 Å². The first-order chi connectivity index (χ1) is 11.3. The molecule has 3 heteroatoms. The minimum Gasteiger partial charge on any atom is -0.496 e. The predicted octanol–water partition coefficient (Wildman–Crippen LogP) is 3.90. The van der Waals surface area contributed by atoms with Crippen LogP contribution in [0, 0.1) is 0 Å². The van der Waals surface area contributed by atoms with Crippen LogP contribution >= 0.6 is 0 Å². The van der Waals surface area contributed by atoms with E-state index in [0.29, 0.717) is 0 Å². The zero-order valence-electron chi connectivity index (χ0n) is 13.7. The van der Waals surface area contributed by atoms with Crippen molar-refractivity contribution < 1.29 is 9.47 Å². The number of hydrogen-bond donors (Lipinski definition) is 0. The van der Waals surface area contributed by atoms with Crippen molar-refractivity contribution in [3.8, 4) is 11.5 Å². The van der Waals surface area contributed by atoms with Gasteiger partial charge in [0.15, 0.2) is 0 Å².